The minimum atomic E-state index is -0.0666. The van der Waals surface area contributed by atoms with Crippen molar-refractivity contribution in [1.29, 1.82) is 0 Å². The third-order valence-corrected chi connectivity index (χ3v) is 5.58. The van der Waals surface area contributed by atoms with E-state index in [-0.39, 0.29) is 5.41 Å². The molecule has 5 nitrogen and oxygen atoms in total. The molecule has 0 N–H and O–H groups in total. The second-order valence-corrected chi connectivity index (χ2v) is 8.89. The van der Waals surface area contributed by atoms with E-state index in [0.29, 0.717) is 6.04 Å². The van der Waals surface area contributed by atoms with Gasteiger partial charge in [-0.25, -0.2) is 9.97 Å². The van der Waals surface area contributed by atoms with Crippen LogP contribution in [0.15, 0.2) is 40.0 Å². The third-order valence-electron chi connectivity index (χ3n) is 3.81. The van der Waals surface area contributed by atoms with Gasteiger partial charge in [-0.1, -0.05) is 26.8 Å². The Morgan fingerprint density at radius 3 is 2.71 bits per heavy atom. The average molecular weight is 358 g/mol. The zero-order valence-electron chi connectivity index (χ0n) is 13.9. The van der Waals surface area contributed by atoms with E-state index in [1.165, 1.54) is 17.7 Å². The van der Waals surface area contributed by atoms with Crippen molar-refractivity contribution < 1.29 is 0 Å². The highest BCUT2D eigenvalue weighted by Gasteiger charge is 2.31. The second kappa shape index (κ2) is 5.97. The van der Waals surface area contributed by atoms with Gasteiger partial charge < -0.3 is 0 Å². The third kappa shape index (κ3) is 3.10. The van der Waals surface area contributed by atoms with Crippen molar-refractivity contribution in [2.24, 2.45) is 0 Å². The molecule has 0 atom stereocenters. The van der Waals surface area contributed by atoms with Gasteiger partial charge in [0.1, 0.15) is 10.9 Å². The second-order valence-electron chi connectivity index (χ2n) is 6.96. The van der Waals surface area contributed by atoms with Crippen LogP contribution < -0.4 is 0 Å². The molecule has 1 saturated carbocycles. The van der Waals surface area contributed by atoms with Crippen LogP contribution in [0.5, 0.6) is 0 Å². The zero-order valence-corrected chi connectivity index (χ0v) is 15.6. The standard InChI is InChI=1S/C17H19N5S2/c1-17(2,3)15-18-9-8-13(19-15)24-16-21-20-14(12-5-4-10-23-12)22(16)11-6-7-11/h4-5,8-11H,6-7H2,1-3H3. The lowest BCUT2D eigenvalue weighted by molar-refractivity contribution is 0.538. The summed E-state index contributed by atoms with van der Waals surface area (Å²) in [5, 5.41) is 12.8. The van der Waals surface area contributed by atoms with E-state index in [1.807, 2.05) is 12.3 Å². The summed E-state index contributed by atoms with van der Waals surface area (Å²) in [4.78, 5) is 10.3. The van der Waals surface area contributed by atoms with E-state index >= 15 is 0 Å². The minimum absolute atomic E-state index is 0.0666. The molecule has 0 aliphatic heterocycles. The summed E-state index contributed by atoms with van der Waals surface area (Å²) >= 11 is 3.28. The molecule has 4 rings (SSSR count). The van der Waals surface area contributed by atoms with E-state index in [9.17, 15) is 0 Å². The molecule has 0 spiro atoms. The van der Waals surface area contributed by atoms with Gasteiger partial charge in [0, 0.05) is 17.7 Å². The van der Waals surface area contributed by atoms with Crippen LogP contribution in [-0.2, 0) is 5.41 Å². The maximum Gasteiger partial charge on any atom is 0.198 e. The van der Waals surface area contributed by atoms with Crippen molar-refractivity contribution in [3.05, 3.63) is 35.6 Å². The highest BCUT2D eigenvalue weighted by molar-refractivity contribution is 7.99. The van der Waals surface area contributed by atoms with Gasteiger partial charge in [-0.05, 0) is 42.1 Å². The number of rotatable bonds is 4. The molecule has 3 aromatic heterocycles. The van der Waals surface area contributed by atoms with Gasteiger partial charge in [0.25, 0.3) is 0 Å². The van der Waals surface area contributed by atoms with Crippen LogP contribution in [0, 0.1) is 0 Å². The molecular formula is C17H19N5S2. The topological polar surface area (TPSA) is 56.5 Å². The Balaban J connectivity index is 1.68. The number of aromatic nitrogens is 5. The predicted molar refractivity (Wildman–Crippen MR) is 96.5 cm³/mol. The normalized spacial score (nSPS) is 15.0. The highest BCUT2D eigenvalue weighted by Crippen LogP contribution is 2.42. The molecule has 0 amide bonds. The molecule has 0 radical (unpaired) electrons. The first kappa shape index (κ1) is 15.8. The van der Waals surface area contributed by atoms with Crippen molar-refractivity contribution in [1.82, 2.24) is 24.7 Å². The van der Waals surface area contributed by atoms with Crippen LogP contribution in [0.2, 0.25) is 0 Å². The molecule has 24 heavy (non-hydrogen) atoms. The van der Waals surface area contributed by atoms with Crippen molar-refractivity contribution in [3.8, 4) is 10.7 Å². The fourth-order valence-corrected chi connectivity index (χ4v) is 4.01. The smallest absolute Gasteiger partial charge is 0.198 e. The molecule has 7 heteroatoms. The van der Waals surface area contributed by atoms with Crippen LogP contribution >= 0.6 is 23.1 Å². The molecule has 124 valence electrons. The summed E-state index contributed by atoms with van der Waals surface area (Å²) in [7, 11) is 0. The summed E-state index contributed by atoms with van der Waals surface area (Å²) in [6.07, 6.45) is 4.22. The molecule has 1 aliphatic rings. The molecule has 0 saturated heterocycles. The van der Waals surface area contributed by atoms with Crippen molar-refractivity contribution in [2.75, 3.05) is 0 Å². The lowest BCUT2D eigenvalue weighted by Crippen LogP contribution is -2.15. The van der Waals surface area contributed by atoms with Gasteiger partial charge in [0.15, 0.2) is 11.0 Å². The van der Waals surface area contributed by atoms with E-state index in [2.05, 4.69) is 58.0 Å². The minimum Gasteiger partial charge on any atom is -0.298 e. The van der Waals surface area contributed by atoms with E-state index in [0.717, 1.165) is 21.8 Å². The number of thiophene rings is 1. The van der Waals surface area contributed by atoms with Crippen LogP contribution in [0.25, 0.3) is 10.7 Å². The summed E-state index contributed by atoms with van der Waals surface area (Å²) in [5.41, 5.74) is -0.0666. The van der Waals surface area contributed by atoms with Crippen molar-refractivity contribution >= 4 is 23.1 Å². The molecule has 0 unspecified atom stereocenters. The SMILES string of the molecule is CC(C)(C)c1nccc(Sc2nnc(-c3cccs3)n2C2CC2)n1. The van der Waals surface area contributed by atoms with Crippen LogP contribution in [0.1, 0.15) is 45.5 Å². The van der Waals surface area contributed by atoms with Crippen molar-refractivity contribution in [3.63, 3.8) is 0 Å². The lowest BCUT2D eigenvalue weighted by Gasteiger charge is -2.16. The summed E-state index contributed by atoms with van der Waals surface area (Å²) in [6.45, 7) is 6.37. The maximum absolute atomic E-state index is 4.71. The van der Waals surface area contributed by atoms with Crippen LogP contribution in [-0.4, -0.2) is 24.7 Å². The van der Waals surface area contributed by atoms with E-state index in [4.69, 9.17) is 4.98 Å². The predicted octanol–water partition coefficient (Wildman–Crippen LogP) is 4.58. The number of hydrogen-bond donors (Lipinski definition) is 0. The first-order valence-corrected chi connectivity index (χ1v) is 9.72. The summed E-state index contributed by atoms with van der Waals surface area (Å²) in [6, 6.07) is 6.61. The Morgan fingerprint density at radius 2 is 2.04 bits per heavy atom. The van der Waals surface area contributed by atoms with Gasteiger partial charge in [-0.15, -0.1) is 21.5 Å². The molecule has 1 aliphatic carbocycles. The molecule has 3 aromatic rings. The first-order valence-electron chi connectivity index (χ1n) is 8.02. The van der Waals surface area contributed by atoms with Crippen LogP contribution in [0.4, 0.5) is 0 Å². The zero-order chi connectivity index (χ0) is 16.7. The quantitative estimate of drug-likeness (QED) is 0.640. The fraction of sp³-hybridized carbons (Fsp3) is 0.412. The van der Waals surface area contributed by atoms with Gasteiger partial charge in [-0.3, -0.25) is 4.57 Å². The van der Waals surface area contributed by atoms with Crippen LogP contribution in [0.3, 0.4) is 0 Å². The first-order chi connectivity index (χ1) is 11.5. The van der Waals surface area contributed by atoms with Crippen molar-refractivity contribution in [2.45, 2.75) is 55.3 Å². The molecular weight excluding hydrogens is 338 g/mol. The Labute approximate surface area is 149 Å². The Kier molecular flexibility index (Phi) is 3.92. The summed E-state index contributed by atoms with van der Waals surface area (Å²) < 4.78 is 2.27. The fourth-order valence-electron chi connectivity index (χ4n) is 2.44. The maximum atomic E-state index is 4.71. The van der Waals surface area contributed by atoms with Gasteiger partial charge >= 0.3 is 0 Å². The van der Waals surface area contributed by atoms with Gasteiger partial charge in [0.05, 0.1) is 4.88 Å². The molecule has 0 bridgehead atoms. The number of hydrogen-bond acceptors (Lipinski definition) is 6. The average Bonchev–Trinajstić information content (AvgIpc) is 3.07. The Morgan fingerprint density at radius 1 is 1.21 bits per heavy atom. The highest BCUT2D eigenvalue weighted by atomic mass is 32.2. The van der Waals surface area contributed by atoms with E-state index < -0.39 is 0 Å². The van der Waals surface area contributed by atoms with E-state index in [1.54, 1.807) is 23.1 Å². The Bertz CT molecular complexity index is 844. The number of nitrogens with zero attached hydrogens (tertiary/aromatic N) is 5. The lowest BCUT2D eigenvalue weighted by atomic mass is 9.96. The van der Waals surface area contributed by atoms with Gasteiger partial charge in [0.2, 0.25) is 0 Å². The van der Waals surface area contributed by atoms with Gasteiger partial charge in [-0.2, -0.15) is 0 Å². The molecule has 1 fully saturated rings. The molecule has 0 aromatic carbocycles. The largest absolute Gasteiger partial charge is 0.298 e. The monoisotopic (exact) mass is 357 g/mol. The molecule has 3 heterocycles. The summed E-state index contributed by atoms with van der Waals surface area (Å²) in [5.74, 6) is 1.82. The Hall–Kier alpha value is -1.73.